The molecule has 3 rings (SSSR count). The van der Waals surface area contributed by atoms with Crippen molar-refractivity contribution in [3.05, 3.63) is 53.3 Å². The monoisotopic (exact) mass is 643 g/mol. The van der Waals surface area contributed by atoms with Crippen LogP contribution in [0.2, 0.25) is 0 Å². The maximum absolute atomic E-state index is 16.6. The molecule has 0 spiro atoms. The van der Waals surface area contributed by atoms with Crippen molar-refractivity contribution in [1.82, 2.24) is 4.90 Å². The molecule has 0 bridgehead atoms. The van der Waals surface area contributed by atoms with Crippen LogP contribution in [-0.2, 0) is 32.0 Å². The summed E-state index contributed by atoms with van der Waals surface area (Å²) in [4.78, 5) is 42.4. The van der Waals surface area contributed by atoms with Crippen molar-refractivity contribution < 1.29 is 37.7 Å². The van der Waals surface area contributed by atoms with Gasteiger partial charge in [0.1, 0.15) is 41.4 Å². The number of carbonyl (C=O) groups is 3. The Morgan fingerprint density at radius 2 is 1.54 bits per heavy atom. The number of esters is 1. The Bertz CT molecular complexity index is 1380. The Labute approximate surface area is 272 Å². The van der Waals surface area contributed by atoms with Crippen molar-refractivity contribution in [1.29, 1.82) is 0 Å². The smallest absolute Gasteiger partial charge is 0.415 e. The molecule has 2 amide bonds. The zero-order valence-corrected chi connectivity index (χ0v) is 28.9. The Hall–Kier alpha value is -4.02. The molecule has 0 aromatic heterocycles. The fraction of sp³-hybridized carbons (Fsp3) is 0.571. The summed E-state index contributed by atoms with van der Waals surface area (Å²) in [6.07, 6.45) is -0.472. The molecule has 2 aromatic carbocycles. The predicted molar refractivity (Wildman–Crippen MR) is 176 cm³/mol. The zero-order chi connectivity index (χ0) is 34.4. The van der Waals surface area contributed by atoms with Gasteiger partial charge in [0.05, 0.1) is 11.7 Å². The standard InChI is InChI=1S/C35H50FN3O7/c1-11-17-38(31(41)45-34(5,6)7)21-24-18-25-26(39(24)32(42)46-35(8,9)10)19-27(43-22-23-15-13-12-14-16-23)30(29(25)36)37-20-28(40)44-33(2,3)4/h12-16,19,24,37H,11,17-18,20-22H2,1-10H3/t24-/m1/s1. The summed E-state index contributed by atoms with van der Waals surface area (Å²) in [6.45, 7) is 18.0. The molecular weight excluding hydrogens is 593 g/mol. The first-order valence-corrected chi connectivity index (χ1v) is 15.8. The molecule has 0 saturated carbocycles. The Balaban J connectivity index is 2.07. The third-order valence-electron chi connectivity index (χ3n) is 6.61. The van der Waals surface area contributed by atoms with Gasteiger partial charge < -0.3 is 29.2 Å². The molecule has 2 aromatic rings. The first kappa shape index (κ1) is 36.4. The van der Waals surface area contributed by atoms with Gasteiger partial charge in [0, 0.05) is 31.1 Å². The van der Waals surface area contributed by atoms with E-state index in [0.29, 0.717) is 13.0 Å². The first-order chi connectivity index (χ1) is 21.3. The topological polar surface area (TPSA) is 107 Å². The second-order valence-corrected chi connectivity index (χ2v) is 14.4. The van der Waals surface area contributed by atoms with Gasteiger partial charge in [0.15, 0.2) is 5.82 Å². The summed E-state index contributed by atoms with van der Waals surface area (Å²) in [5.74, 6) is -1.13. The fourth-order valence-electron chi connectivity index (χ4n) is 4.95. The van der Waals surface area contributed by atoms with Crippen molar-refractivity contribution in [2.75, 3.05) is 29.9 Å². The molecule has 0 unspecified atom stereocenters. The number of hydrogen-bond acceptors (Lipinski definition) is 8. The minimum Gasteiger partial charge on any atom is -0.487 e. The van der Waals surface area contributed by atoms with E-state index in [-0.39, 0.29) is 48.8 Å². The van der Waals surface area contributed by atoms with Crippen LogP contribution in [0.25, 0.3) is 0 Å². The second-order valence-electron chi connectivity index (χ2n) is 14.4. The van der Waals surface area contributed by atoms with Gasteiger partial charge in [-0.1, -0.05) is 37.3 Å². The van der Waals surface area contributed by atoms with Gasteiger partial charge in [0.25, 0.3) is 0 Å². The molecule has 1 aliphatic heterocycles. The number of anilines is 2. The molecule has 1 aliphatic rings. The third-order valence-corrected chi connectivity index (χ3v) is 6.61. The molecular formula is C35H50FN3O7. The maximum atomic E-state index is 16.6. The highest BCUT2D eigenvalue weighted by Gasteiger charge is 2.41. The van der Waals surface area contributed by atoms with Crippen molar-refractivity contribution in [2.45, 2.75) is 112 Å². The summed E-state index contributed by atoms with van der Waals surface area (Å²) >= 11 is 0. The van der Waals surface area contributed by atoms with Crippen LogP contribution >= 0.6 is 0 Å². The predicted octanol–water partition coefficient (Wildman–Crippen LogP) is 7.47. The lowest BCUT2D eigenvalue weighted by Crippen LogP contribution is -2.49. The van der Waals surface area contributed by atoms with E-state index in [2.05, 4.69) is 5.32 Å². The van der Waals surface area contributed by atoms with Crippen molar-refractivity contribution in [3.63, 3.8) is 0 Å². The van der Waals surface area contributed by atoms with Crippen LogP contribution in [0.3, 0.4) is 0 Å². The zero-order valence-electron chi connectivity index (χ0n) is 28.9. The van der Waals surface area contributed by atoms with Crippen LogP contribution in [0.4, 0.5) is 25.4 Å². The fourth-order valence-corrected chi connectivity index (χ4v) is 4.95. The van der Waals surface area contributed by atoms with Crippen molar-refractivity contribution >= 4 is 29.5 Å². The number of benzene rings is 2. The van der Waals surface area contributed by atoms with E-state index in [0.717, 1.165) is 5.56 Å². The molecule has 0 aliphatic carbocycles. The highest BCUT2D eigenvalue weighted by Crippen LogP contribution is 2.44. The Morgan fingerprint density at radius 3 is 2.11 bits per heavy atom. The van der Waals surface area contributed by atoms with Crippen molar-refractivity contribution in [2.24, 2.45) is 0 Å². The number of ether oxygens (including phenoxy) is 4. The second kappa shape index (κ2) is 14.6. The molecule has 10 nitrogen and oxygen atoms in total. The summed E-state index contributed by atoms with van der Waals surface area (Å²) in [6, 6.07) is 10.3. The third kappa shape index (κ3) is 10.5. The number of amides is 2. The van der Waals surface area contributed by atoms with E-state index in [1.807, 2.05) is 37.3 Å². The lowest BCUT2D eigenvalue weighted by Gasteiger charge is -2.33. The van der Waals surface area contributed by atoms with E-state index in [4.69, 9.17) is 18.9 Å². The average molecular weight is 644 g/mol. The van der Waals surface area contributed by atoms with Gasteiger partial charge in [-0.05, 0) is 74.3 Å². The first-order valence-electron chi connectivity index (χ1n) is 15.8. The largest absolute Gasteiger partial charge is 0.487 e. The lowest BCUT2D eigenvalue weighted by molar-refractivity contribution is -0.152. The van der Waals surface area contributed by atoms with Crippen LogP contribution in [0.15, 0.2) is 36.4 Å². The molecule has 46 heavy (non-hydrogen) atoms. The molecule has 0 saturated heterocycles. The van der Waals surface area contributed by atoms with E-state index in [9.17, 15) is 14.4 Å². The number of carbonyl (C=O) groups excluding carboxylic acids is 3. The highest BCUT2D eigenvalue weighted by molar-refractivity contribution is 5.93. The van der Waals surface area contributed by atoms with Gasteiger partial charge in [-0.15, -0.1) is 0 Å². The number of nitrogens with one attached hydrogen (secondary N) is 1. The number of halogens is 1. The van der Waals surface area contributed by atoms with Crippen LogP contribution < -0.4 is 15.0 Å². The van der Waals surface area contributed by atoms with E-state index < -0.39 is 46.8 Å². The average Bonchev–Trinajstić information content (AvgIpc) is 3.27. The number of nitrogens with zero attached hydrogens (tertiary/aromatic N) is 2. The highest BCUT2D eigenvalue weighted by atomic mass is 19.1. The minimum absolute atomic E-state index is 0.0251. The molecule has 254 valence electrons. The van der Waals surface area contributed by atoms with Gasteiger partial charge in [-0.25, -0.2) is 14.0 Å². The lowest BCUT2D eigenvalue weighted by atomic mass is 10.1. The Morgan fingerprint density at radius 1 is 0.935 bits per heavy atom. The maximum Gasteiger partial charge on any atom is 0.415 e. The SMILES string of the molecule is CCCN(C[C@H]1Cc2c(cc(OCc3ccccc3)c(NCC(=O)OC(C)(C)C)c2F)N1C(=O)OC(C)(C)C)C(=O)OC(C)(C)C. The normalized spacial score (nSPS) is 14.8. The molecule has 1 atom stereocenters. The number of fused-ring (bicyclic) bond motifs is 1. The Kier molecular flexibility index (Phi) is 11.6. The minimum atomic E-state index is -0.835. The number of hydrogen-bond donors (Lipinski definition) is 1. The van der Waals surface area contributed by atoms with E-state index in [1.165, 1.54) is 9.80 Å². The molecule has 1 N–H and O–H groups in total. The molecule has 0 fully saturated rings. The van der Waals surface area contributed by atoms with Gasteiger partial charge in [0.2, 0.25) is 0 Å². The summed E-state index contributed by atoms with van der Waals surface area (Å²) in [7, 11) is 0. The van der Waals surface area contributed by atoms with Gasteiger partial charge in [-0.2, -0.15) is 0 Å². The van der Waals surface area contributed by atoms with Crippen LogP contribution in [0.1, 0.15) is 86.8 Å². The molecule has 0 radical (unpaired) electrons. The van der Waals surface area contributed by atoms with Crippen molar-refractivity contribution in [3.8, 4) is 5.75 Å². The summed E-state index contributed by atoms with van der Waals surface area (Å²) in [5, 5.41) is 2.88. The van der Waals surface area contributed by atoms with Gasteiger partial charge >= 0.3 is 18.2 Å². The molecule has 1 heterocycles. The van der Waals surface area contributed by atoms with E-state index in [1.54, 1.807) is 68.4 Å². The summed E-state index contributed by atoms with van der Waals surface area (Å²) < 4.78 is 39.5. The van der Waals surface area contributed by atoms with E-state index >= 15 is 4.39 Å². The van der Waals surface area contributed by atoms with Crippen LogP contribution in [-0.4, -0.2) is 65.5 Å². The van der Waals surface area contributed by atoms with Gasteiger partial charge in [-0.3, -0.25) is 9.69 Å². The quantitative estimate of drug-likeness (QED) is 0.210. The molecule has 11 heteroatoms. The van der Waals surface area contributed by atoms with Crippen LogP contribution in [0, 0.1) is 5.82 Å². The summed E-state index contributed by atoms with van der Waals surface area (Å²) in [5.41, 5.74) is -0.962. The number of rotatable bonds is 10. The van der Waals surface area contributed by atoms with Crippen LogP contribution in [0.5, 0.6) is 5.75 Å².